The van der Waals surface area contributed by atoms with Crippen LogP contribution in [0.5, 0.6) is 0 Å². The van der Waals surface area contributed by atoms with E-state index in [2.05, 4.69) is 46.8 Å². The standard InChI is InChI=1S/C19H31F3N4S/c1-5-23-17(25-14-8-6-7-13(11-14)19(20,21)22)24-10-9-16-26-15(12-27-16)18(2,3)4/h12-14H,5-11H2,1-4H3,(H2,23,24,25). The van der Waals surface area contributed by atoms with Gasteiger partial charge in [-0.3, -0.25) is 4.99 Å². The number of hydrogen-bond acceptors (Lipinski definition) is 3. The highest BCUT2D eigenvalue weighted by Crippen LogP contribution is 2.37. The maximum atomic E-state index is 13.0. The highest BCUT2D eigenvalue weighted by atomic mass is 32.1. The lowest BCUT2D eigenvalue weighted by Crippen LogP contribution is -2.46. The summed E-state index contributed by atoms with van der Waals surface area (Å²) in [6.07, 6.45) is -1.68. The zero-order valence-electron chi connectivity index (χ0n) is 16.6. The maximum Gasteiger partial charge on any atom is 0.391 e. The normalized spacial score (nSPS) is 22.0. The average molecular weight is 405 g/mol. The molecule has 0 aliphatic heterocycles. The molecule has 1 aliphatic rings. The first-order valence-electron chi connectivity index (χ1n) is 9.66. The summed E-state index contributed by atoms with van der Waals surface area (Å²) in [7, 11) is 0. The second kappa shape index (κ2) is 9.26. The first kappa shape index (κ1) is 22.0. The number of nitrogens with zero attached hydrogens (tertiary/aromatic N) is 2. The third-order valence-electron chi connectivity index (χ3n) is 4.74. The molecule has 4 nitrogen and oxygen atoms in total. The van der Waals surface area contributed by atoms with Crippen molar-refractivity contribution in [3.63, 3.8) is 0 Å². The van der Waals surface area contributed by atoms with E-state index in [1.54, 1.807) is 11.3 Å². The second-order valence-electron chi connectivity index (χ2n) is 8.13. The molecule has 8 heteroatoms. The van der Waals surface area contributed by atoms with E-state index in [-0.39, 0.29) is 24.3 Å². The molecule has 154 valence electrons. The summed E-state index contributed by atoms with van der Waals surface area (Å²) in [5, 5.41) is 9.46. The zero-order chi connectivity index (χ0) is 20.1. The number of halogens is 3. The van der Waals surface area contributed by atoms with Crippen LogP contribution < -0.4 is 10.6 Å². The predicted octanol–water partition coefficient (Wildman–Crippen LogP) is 4.66. The van der Waals surface area contributed by atoms with Crippen LogP contribution in [-0.4, -0.2) is 36.3 Å². The summed E-state index contributed by atoms with van der Waals surface area (Å²) in [6, 6.07) is -0.185. The van der Waals surface area contributed by atoms with Crippen molar-refractivity contribution in [2.45, 2.75) is 77.4 Å². The van der Waals surface area contributed by atoms with Gasteiger partial charge < -0.3 is 10.6 Å². The number of aromatic nitrogens is 1. The minimum Gasteiger partial charge on any atom is -0.357 e. The van der Waals surface area contributed by atoms with Crippen molar-refractivity contribution in [2.24, 2.45) is 10.9 Å². The largest absolute Gasteiger partial charge is 0.391 e. The summed E-state index contributed by atoms with van der Waals surface area (Å²) in [5.41, 5.74) is 1.11. The van der Waals surface area contributed by atoms with E-state index in [1.165, 1.54) is 0 Å². The fourth-order valence-electron chi connectivity index (χ4n) is 3.17. The molecule has 1 aromatic heterocycles. The van der Waals surface area contributed by atoms with Gasteiger partial charge in [0.2, 0.25) is 0 Å². The Morgan fingerprint density at radius 2 is 2.04 bits per heavy atom. The highest BCUT2D eigenvalue weighted by molar-refractivity contribution is 7.09. The number of thiazole rings is 1. The van der Waals surface area contributed by atoms with Gasteiger partial charge in [0.15, 0.2) is 5.96 Å². The lowest BCUT2D eigenvalue weighted by atomic mass is 9.85. The molecular formula is C19H31F3N4S. The van der Waals surface area contributed by atoms with Crippen LogP contribution in [0.2, 0.25) is 0 Å². The Morgan fingerprint density at radius 1 is 1.30 bits per heavy atom. The van der Waals surface area contributed by atoms with E-state index in [0.717, 1.165) is 23.5 Å². The predicted molar refractivity (Wildman–Crippen MR) is 105 cm³/mol. The second-order valence-corrected chi connectivity index (χ2v) is 9.08. The third-order valence-corrected chi connectivity index (χ3v) is 5.65. The van der Waals surface area contributed by atoms with Crippen LogP contribution in [0, 0.1) is 5.92 Å². The van der Waals surface area contributed by atoms with Crippen molar-refractivity contribution in [3.05, 3.63) is 16.1 Å². The Balaban J connectivity index is 1.91. The number of rotatable bonds is 5. The van der Waals surface area contributed by atoms with Gasteiger partial charge in [-0.15, -0.1) is 11.3 Å². The Kier molecular flexibility index (Phi) is 7.54. The first-order valence-corrected chi connectivity index (χ1v) is 10.5. The van der Waals surface area contributed by atoms with Crippen molar-refractivity contribution in [1.82, 2.24) is 15.6 Å². The minimum absolute atomic E-state index is 0.0322. The van der Waals surface area contributed by atoms with Crippen LogP contribution in [0.25, 0.3) is 0 Å². The van der Waals surface area contributed by atoms with Gasteiger partial charge in [-0.25, -0.2) is 4.98 Å². The van der Waals surface area contributed by atoms with Gasteiger partial charge in [0.1, 0.15) is 0 Å². The van der Waals surface area contributed by atoms with Gasteiger partial charge in [0.05, 0.1) is 16.6 Å². The quantitative estimate of drug-likeness (QED) is 0.554. The fraction of sp³-hybridized carbons (Fsp3) is 0.789. The lowest BCUT2D eigenvalue weighted by Gasteiger charge is -2.31. The Labute approximate surface area is 164 Å². The molecular weight excluding hydrogens is 373 g/mol. The van der Waals surface area contributed by atoms with Crippen LogP contribution in [-0.2, 0) is 11.8 Å². The molecule has 0 spiro atoms. The monoisotopic (exact) mass is 404 g/mol. The van der Waals surface area contributed by atoms with Crippen molar-refractivity contribution in [2.75, 3.05) is 13.1 Å². The van der Waals surface area contributed by atoms with Crippen LogP contribution in [0.1, 0.15) is 64.1 Å². The molecule has 1 heterocycles. The smallest absolute Gasteiger partial charge is 0.357 e. The average Bonchev–Trinajstić information content (AvgIpc) is 3.04. The Hall–Kier alpha value is -1.31. The SMILES string of the molecule is CCNC(=NCCc1nc(C(C)(C)C)cs1)NC1CCCC(C(F)(F)F)C1. The minimum atomic E-state index is -4.11. The van der Waals surface area contributed by atoms with E-state index in [0.29, 0.717) is 25.5 Å². The number of alkyl halides is 3. The number of guanidine groups is 1. The lowest BCUT2D eigenvalue weighted by molar-refractivity contribution is -0.183. The molecule has 2 N–H and O–H groups in total. The molecule has 0 radical (unpaired) electrons. The summed E-state index contributed by atoms with van der Waals surface area (Å²) in [6.45, 7) is 9.59. The van der Waals surface area contributed by atoms with E-state index in [4.69, 9.17) is 0 Å². The molecule has 1 aromatic rings. The summed E-state index contributed by atoms with van der Waals surface area (Å²) < 4.78 is 39.0. The zero-order valence-corrected chi connectivity index (χ0v) is 17.4. The van der Waals surface area contributed by atoms with Gasteiger partial charge in [-0.1, -0.05) is 27.2 Å². The highest BCUT2D eigenvalue weighted by Gasteiger charge is 2.42. The van der Waals surface area contributed by atoms with E-state index in [9.17, 15) is 13.2 Å². The third kappa shape index (κ3) is 6.97. The maximum absolute atomic E-state index is 13.0. The molecule has 0 amide bonds. The fourth-order valence-corrected chi connectivity index (χ4v) is 4.18. The number of hydrogen-bond donors (Lipinski definition) is 2. The van der Waals surface area contributed by atoms with E-state index < -0.39 is 12.1 Å². The summed E-state index contributed by atoms with van der Waals surface area (Å²) in [4.78, 5) is 9.20. The number of nitrogens with one attached hydrogen (secondary N) is 2. The Morgan fingerprint density at radius 3 is 2.63 bits per heavy atom. The van der Waals surface area contributed by atoms with Crippen molar-refractivity contribution >= 4 is 17.3 Å². The molecule has 1 aliphatic carbocycles. The number of aliphatic imine (C=N–C) groups is 1. The van der Waals surface area contributed by atoms with Gasteiger partial charge >= 0.3 is 6.18 Å². The first-order chi connectivity index (χ1) is 12.6. The van der Waals surface area contributed by atoms with E-state index >= 15 is 0 Å². The summed E-state index contributed by atoms with van der Waals surface area (Å²) in [5.74, 6) is -0.615. The van der Waals surface area contributed by atoms with Gasteiger partial charge in [-0.05, 0) is 26.2 Å². The van der Waals surface area contributed by atoms with Gasteiger partial charge in [0, 0.05) is 36.3 Å². The van der Waals surface area contributed by atoms with Crippen LogP contribution in [0.3, 0.4) is 0 Å². The van der Waals surface area contributed by atoms with Gasteiger partial charge in [-0.2, -0.15) is 13.2 Å². The molecule has 2 rings (SSSR count). The van der Waals surface area contributed by atoms with Crippen LogP contribution in [0.4, 0.5) is 13.2 Å². The van der Waals surface area contributed by atoms with Gasteiger partial charge in [0.25, 0.3) is 0 Å². The van der Waals surface area contributed by atoms with Crippen LogP contribution in [0.15, 0.2) is 10.4 Å². The molecule has 2 unspecified atom stereocenters. The molecule has 1 fully saturated rings. The molecule has 2 atom stereocenters. The molecule has 0 bridgehead atoms. The van der Waals surface area contributed by atoms with Crippen LogP contribution >= 0.6 is 11.3 Å². The molecule has 0 aromatic carbocycles. The topological polar surface area (TPSA) is 49.3 Å². The summed E-state index contributed by atoms with van der Waals surface area (Å²) >= 11 is 1.63. The van der Waals surface area contributed by atoms with Crippen molar-refractivity contribution < 1.29 is 13.2 Å². The Bertz CT molecular complexity index is 619. The van der Waals surface area contributed by atoms with Crippen molar-refractivity contribution in [3.8, 4) is 0 Å². The van der Waals surface area contributed by atoms with Crippen molar-refractivity contribution in [1.29, 1.82) is 0 Å². The molecule has 27 heavy (non-hydrogen) atoms. The molecule has 0 saturated heterocycles. The van der Waals surface area contributed by atoms with E-state index in [1.807, 2.05) is 6.92 Å². The molecule has 1 saturated carbocycles.